The quantitative estimate of drug-likeness (QED) is 0.773. The molecule has 2 aliphatic rings. The van der Waals surface area contributed by atoms with Crippen molar-refractivity contribution in [2.45, 2.75) is 64.3 Å². The molecule has 1 N–H and O–H groups in total. The number of hydrogen-bond donors (Lipinski definition) is 1. The van der Waals surface area contributed by atoms with E-state index in [1.165, 1.54) is 44.2 Å². The van der Waals surface area contributed by atoms with Crippen molar-refractivity contribution in [2.24, 2.45) is 18.9 Å². The zero-order valence-corrected chi connectivity index (χ0v) is 17.2. The van der Waals surface area contributed by atoms with Gasteiger partial charge in [-0.1, -0.05) is 18.5 Å². The van der Waals surface area contributed by atoms with Crippen LogP contribution in [-0.2, 0) is 19.9 Å². The second-order valence-corrected chi connectivity index (χ2v) is 8.65. The van der Waals surface area contributed by atoms with E-state index < -0.39 is 0 Å². The van der Waals surface area contributed by atoms with E-state index in [1.807, 2.05) is 17.9 Å². The van der Waals surface area contributed by atoms with Gasteiger partial charge >= 0.3 is 0 Å². The highest BCUT2D eigenvalue weighted by Crippen LogP contribution is 2.37. The van der Waals surface area contributed by atoms with Crippen LogP contribution in [0.2, 0.25) is 5.02 Å². The SMILES string of the molecule is CCNC1CCC(Cc2ncc(Cl)c(-c3cnn(C)c3CC3CC3)n2)CC1. The molecule has 2 heterocycles. The fraction of sp³-hybridized carbons (Fsp3) is 0.667. The average molecular weight is 388 g/mol. The van der Waals surface area contributed by atoms with Crippen molar-refractivity contribution in [3.63, 3.8) is 0 Å². The smallest absolute Gasteiger partial charge is 0.129 e. The van der Waals surface area contributed by atoms with Gasteiger partial charge in [-0.25, -0.2) is 9.97 Å². The summed E-state index contributed by atoms with van der Waals surface area (Å²) in [5.41, 5.74) is 3.18. The Bertz CT molecular complexity index is 775. The van der Waals surface area contributed by atoms with Crippen molar-refractivity contribution in [2.75, 3.05) is 6.54 Å². The Morgan fingerprint density at radius 2 is 1.78 bits per heavy atom. The van der Waals surface area contributed by atoms with Gasteiger partial charge in [0.1, 0.15) is 5.82 Å². The Hall–Kier alpha value is -1.46. The third-order valence-corrected chi connectivity index (χ3v) is 6.38. The second-order valence-electron chi connectivity index (χ2n) is 8.24. The van der Waals surface area contributed by atoms with Crippen LogP contribution in [0.1, 0.15) is 57.0 Å². The number of aryl methyl sites for hydroxylation is 1. The molecule has 2 saturated carbocycles. The maximum atomic E-state index is 6.49. The lowest BCUT2D eigenvalue weighted by atomic mass is 9.84. The van der Waals surface area contributed by atoms with Gasteiger partial charge < -0.3 is 5.32 Å². The highest BCUT2D eigenvalue weighted by molar-refractivity contribution is 6.32. The first-order valence-corrected chi connectivity index (χ1v) is 10.8. The Balaban J connectivity index is 1.49. The first kappa shape index (κ1) is 18.9. The van der Waals surface area contributed by atoms with E-state index in [2.05, 4.69) is 22.3 Å². The molecule has 0 unspecified atom stereocenters. The van der Waals surface area contributed by atoms with Crippen LogP contribution in [0.5, 0.6) is 0 Å². The largest absolute Gasteiger partial charge is 0.314 e. The normalized spacial score (nSPS) is 22.9. The van der Waals surface area contributed by atoms with Crippen LogP contribution >= 0.6 is 11.6 Å². The molecule has 0 bridgehead atoms. The van der Waals surface area contributed by atoms with E-state index in [0.717, 1.165) is 42.4 Å². The Labute approximate surface area is 166 Å². The number of nitrogens with one attached hydrogen (secondary N) is 1. The summed E-state index contributed by atoms with van der Waals surface area (Å²) in [5, 5.41) is 8.68. The topological polar surface area (TPSA) is 55.6 Å². The molecule has 6 heteroatoms. The second kappa shape index (κ2) is 8.27. The minimum absolute atomic E-state index is 0.625. The molecule has 0 aliphatic heterocycles. The standard InChI is InChI=1S/C21H30ClN5/c1-3-23-16-8-6-15(7-9-16)11-20-24-13-18(22)21(26-20)17-12-25-27(2)19(17)10-14-4-5-14/h12-16,23H,3-11H2,1-2H3. The van der Waals surface area contributed by atoms with Crippen molar-refractivity contribution < 1.29 is 0 Å². The summed E-state index contributed by atoms with van der Waals surface area (Å²) in [5.74, 6) is 2.39. The van der Waals surface area contributed by atoms with Crippen LogP contribution in [0.25, 0.3) is 11.3 Å². The maximum Gasteiger partial charge on any atom is 0.129 e. The van der Waals surface area contributed by atoms with Gasteiger partial charge in [-0.15, -0.1) is 0 Å². The molecule has 2 aromatic rings. The zero-order valence-electron chi connectivity index (χ0n) is 16.4. The van der Waals surface area contributed by atoms with Crippen molar-refractivity contribution in [3.05, 3.63) is 28.9 Å². The molecule has 4 rings (SSSR count). The van der Waals surface area contributed by atoms with Gasteiger partial charge in [0.25, 0.3) is 0 Å². The van der Waals surface area contributed by atoms with Gasteiger partial charge in [0, 0.05) is 37.0 Å². The lowest BCUT2D eigenvalue weighted by molar-refractivity contribution is 0.290. The van der Waals surface area contributed by atoms with Gasteiger partial charge in [-0.2, -0.15) is 5.10 Å². The van der Waals surface area contributed by atoms with E-state index in [-0.39, 0.29) is 0 Å². The Morgan fingerprint density at radius 1 is 1.07 bits per heavy atom. The van der Waals surface area contributed by atoms with Crippen LogP contribution in [0, 0.1) is 11.8 Å². The highest BCUT2D eigenvalue weighted by atomic mass is 35.5. The summed E-state index contributed by atoms with van der Waals surface area (Å²) in [6.07, 6.45) is 13.4. The molecule has 0 radical (unpaired) electrons. The molecule has 0 amide bonds. The van der Waals surface area contributed by atoms with E-state index >= 15 is 0 Å². The minimum Gasteiger partial charge on any atom is -0.314 e. The van der Waals surface area contributed by atoms with Crippen LogP contribution in [0.3, 0.4) is 0 Å². The van der Waals surface area contributed by atoms with Crippen molar-refractivity contribution in [1.82, 2.24) is 25.1 Å². The lowest BCUT2D eigenvalue weighted by Gasteiger charge is -2.28. The third kappa shape index (κ3) is 4.52. The molecular formula is C21H30ClN5. The first-order chi connectivity index (χ1) is 13.1. The summed E-state index contributed by atoms with van der Waals surface area (Å²) in [7, 11) is 2.01. The fourth-order valence-corrected chi connectivity index (χ4v) is 4.50. The van der Waals surface area contributed by atoms with Gasteiger partial charge in [-0.05, 0) is 63.3 Å². The summed E-state index contributed by atoms with van der Waals surface area (Å²) in [6.45, 7) is 3.25. The van der Waals surface area contributed by atoms with Crippen molar-refractivity contribution in [3.8, 4) is 11.3 Å². The number of hydrogen-bond acceptors (Lipinski definition) is 4. The maximum absolute atomic E-state index is 6.49. The van der Waals surface area contributed by atoms with Crippen LogP contribution in [-0.4, -0.2) is 32.3 Å². The number of nitrogens with zero attached hydrogens (tertiary/aromatic N) is 4. The van der Waals surface area contributed by atoms with Crippen LogP contribution in [0.4, 0.5) is 0 Å². The molecule has 2 aromatic heterocycles. The van der Waals surface area contributed by atoms with E-state index in [0.29, 0.717) is 17.0 Å². The van der Waals surface area contributed by atoms with Gasteiger partial charge in [0.05, 0.1) is 16.9 Å². The highest BCUT2D eigenvalue weighted by Gasteiger charge is 2.26. The Morgan fingerprint density at radius 3 is 2.48 bits per heavy atom. The van der Waals surface area contributed by atoms with Crippen molar-refractivity contribution in [1.29, 1.82) is 0 Å². The first-order valence-electron chi connectivity index (χ1n) is 10.4. The molecule has 2 fully saturated rings. The van der Waals surface area contributed by atoms with Crippen LogP contribution in [0.15, 0.2) is 12.4 Å². The molecular weight excluding hydrogens is 358 g/mol. The molecule has 0 saturated heterocycles. The molecule has 146 valence electrons. The number of aromatic nitrogens is 4. The fourth-order valence-electron chi connectivity index (χ4n) is 4.31. The predicted molar refractivity (Wildman–Crippen MR) is 109 cm³/mol. The van der Waals surface area contributed by atoms with E-state index in [9.17, 15) is 0 Å². The van der Waals surface area contributed by atoms with E-state index in [4.69, 9.17) is 16.6 Å². The molecule has 27 heavy (non-hydrogen) atoms. The van der Waals surface area contributed by atoms with Gasteiger partial charge in [0.15, 0.2) is 0 Å². The van der Waals surface area contributed by atoms with E-state index in [1.54, 1.807) is 6.20 Å². The molecule has 0 atom stereocenters. The predicted octanol–water partition coefficient (Wildman–Crippen LogP) is 4.19. The Kier molecular flexibility index (Phi) is 5.79. The number of rotatable bonds is 7. The monoisotopic (exact) mass is 387 g/mol. The summed E-state index contributed by atoms with van der Waals surface area (Å²) < 4.78 is 1.98. The third-order valence-electron chi connectivity index (χ3n) is 6.10. The van der Waals surface area contributed by atoms with Crippen molar-refractivity contribution >= 4 is 11.6 Å². The number of halogens is 1. The van der Waals surface area contributed by atoms with Crippen LogP contribution < -0.4 is 5.32 Å². The molecule has 0 aromatic carbocycles. The summed E-state index contributed by atoms with van der Waals surface area (Å²) >= 11 is 6.49. The molecule has 0 spiro atoms. The molecule has 2 aliphatic carbocycles. The minimum atomic E-state index is 0.625. The zero-order chi connectivity index (χ0) is 18.8. The summed E-state index contributed by atoms with van der Waals surface area (Å²) in [6, 6.07) is 0.688. The van der Waals surface area contributed by atoms with Gasteiger partial charge in [0.2, 0.25) is 0 Å². The van der Waals surface area contributed by atoms with Gasteiger partial charge in [-0.3, -0.25) is 4.68 Å². The lowest BCUT2D eigenvalue weighted by Crippen LogP contribution is -2.33. The summed E-state index contributed by atoms with van der Waals surface area (Å²) in [4.78, 5) is 9.42. The molecule has 5 nitrogen and oxygen atoms in total. The average Bonchev–Trinajstić information content (AvgIpc) is 3.42.